The summed E-state index contributed by atoms with van der Waals surface area (Å²) in [5.74, 6) is -5.55. The van der Waals surface area contributed by atoms with Crippen molar-refractivity contribution in [3.63, 3.8) is 0 Å². The Balaban J connectivity index is 2.42. The predicted molar refractivity (Wildman–Crippen MR) is 93.4 cm³/mol. The molecule has 0 aliphatic heterocycles. The van der Waals surface area contributed by atoms with Gasteiger partial charge in [0, 0.05) is 18.4 Å². The second-order valence-electron chi connectivity index (χ2n) is 6.16. The average molecular weight is 474 g/mol. The van der Waals surface area contributed by atoms with E-state index < -0.39 is 72.5 Å². The number of aromatic nitrogens is 4. The van der Waals surface area contributed by atoms with Crippen LogP contribution in [0.25, 0.3) is 16.9 Å². The van der Waals surface area contributed by atoms with E-state index in [4.69, 9.17) is 11.6 Å². The lowest BCUT2D eigenvalue weighted by atomic mass is 10.1. The van der Waals surface area contributed by atoms with Crippen LogP contribution in [-0.2, 0) is 9.84 Å². The van der Waals surface area contributed by atoms with Crippen molar-refractivity contribution in [3.05, 3.63) is 34.7 Å². The fourth-order valence-electron chi connectivity index (χ4n) is 2.44. The molecular weight excluding hydrogens is 464 g/mol. The van der Waals surface area contributed by atoms with Crippen LogP contribution in [0, 0.1) is 17.5 Å². The number of rotatable bonds is 4. The molecule has 0 fully saturated rings. The smallest absolute Gasteiger partial charge is 0.358 e. The highest BCUT2D eigenvalue weighted by Gasteiger charge is 2.38. The van der Waals surface area contributed by atoms with Crippen LogP contribution in [0.5, 0.6) is 0 Å². The van der Waals surface area contributed by atoms with Crippen molar-refractivity contribution in [2.45, 2.75) is 24.3 Å². The van der Waals surface area contributed by atoms with Gasteiger partial charge in [-0.25, -0.2) is 21.6 Å². The average Bonchev–Trinajstić information content (AvgIpc) is 2.99. The van der Waals surface area contributed by atoms with Gasteiger partial charge >= 0.3 is 6.18 Å². The molecule has 3 aromatic rings. The Kier molecular flexibility index (Phi) is 5.35. The number of fused-ring (bicyclic) bond motifs is 1. The molecule has 0 radical (unpaired) electrons. The summed E-state index contributed by atoms with van der Waals surface area (Å²) in [6, 6.07) is -1.71. The number of hydrogen-bond acceptors (Lipinski definition) is 6. The maximum atomic E-state index is 14.4. The first-order chi connectivity index (χ1) is 13.7. The van der Waals surface area contributed by atoms with Gasteiger partial charge in [-0.15, -0.1) is 5.10 Å². The van der Waals surface area contributed by atoms with Crippen LogP contribution in [0.2, 0.25) is 5.15 Å². The second kappa shape index (κ2) is 7.27. The van der Waals surface area contributed by atoms with E-state index in [0.717, 1.165) is 6.26 Å². The zero-order chi connectivity index (χ0) is 22.6. The van der Waals surface area contributed by atoms with E-state index in [-0.39, 0.29) is 0 Å². The Morgan fingerprint density at radius 3 is 2.17 bits per heavy atom. The van der Waals surface area contributed by atoms with Gasteiger partial charge in [0.2, 0.25) is 9.84 Å². The lowest BCUT2D eigenvalue weighted by Gasteiger charge is -2.21. The fraction of sp³-hybridized carbons (Fsp3) is 0.267. The Hall–Kier alpha value is -2.61. The third-order valence-electron chi connectivity index (χ3n) is 3.86. The monoisotopic (exact) mass is 473 g/mol. The molecule has 0 unspecified atom stereocenters. The zero-order valence-corrected chi connectivity index (χ0v) is 16.5. The molecule has 0 aliphatic carbocycles. The van der Waals surface area contributed by atoms with Gasteiger partial charge in [0.1, 0.15) is 34.5 Å². The summed E-state index contributed by atoms with van der Waals surface area (Å²) in [7, 11) is -4.02. The number of sulfone groups is 1. The topological polar surface area (TPSA) is 89.2 Å². The summed E-state index contributed by atoms with van der Waals surface area (Å²) < 4.78 is 105. The van der Waals surface area contributed by atoms with Crippen molar-refractivity contribution in [2.24, 2.45) is 0 Å². The van der Waals surface area contributed by atoms with Gasteiger partial charge in [-0.05, 0) is 6.92 Å². The number of hydrogen-bond donors (Lipinski definition) is 1. The van der Waals surface area contributed by atoms with Crippen LogP contribution in [0.1, 0.15) is 6.92 Å². The third kappa shape index (κ3) is 4.01. The van der Waals surface area contributed by atoms with E-state index in [1.165, 1.54) is 0 Å². The molecule has 3 rings (SSSR count). The first-order valence-corrected chi connectivity index (χ1v) is 10.1. The molecule has 1 atom stereocenters. The van der Waals surface area contributed by atoms with Gasteiger partial charge in [-0.3, -0.25) is 0 Å². The van der Waals surface area contributed by atoms with Gasteiger partial charge in [-0.2, -0.15) is 27.7 Å². The quantitative estimate of drug-likeness (QED) is 0.460. The highest BCUT2D eigenvalue weighted by molar-refractivity contribution is 7.90. The third-order valence-corrected chi connectivity index (χ3v) is 4.97. The van der Waals surface area contributed by atoms with E-state index in [2.05, 4.69) is 15.1 Å². The molecule has 2 aromatic heterocycles. The summed E-state index contributed by atoms with van der Waals surface area (Å²) in [5, 5.41) is 3.99. The van der Waals surface area contributed by atoms with Gasteiger partial charge < -0.3 is 5.32 Å². The Labute approximate surface area is 169 Å². The molecular formula is C15H10ClF6N5O2S. The molecule has 0 bridgehead atoms. The molecule has 0 aliphatic rings. The summed E-state index contributed by atoms with van der Waals surface area (Å²) in [4.78, 5) is 7.23. The van der Waals surface area contributed by atoms with Crippen LogP contribution in [0.15, 0.2) is 17.3 Å². The molecule has 0 spiro atoms. The largest absolute Gasteiger partial charge is 0.408 e. The number of alkyl halides is 3. The lowest BCUT2D eigenvalue weighted by Crippen LogP contribution is -2.34. The summed E-state index contributed by atoms with van der Waals surface area (Å²) >= 11 is 5.96. The first-order valence-electron chi connectivity index (χ1n) is 7.84. The van der Waals surface area contributed by atoms with Gasteiger partial charge in [0.15, 0.2) is 0 Å². The Bertz CT molecular complexity index is 1240. The van der Waals surface area contributed by atoms with Crippen molar-refractivity contribution >= 4 is 33.0 Å². The molecule has 1 N–H and O–H groups in total. The van der Waals surface area contributed by atoms with Crippen molar-refractivity contribution < 1.29 is 34.8 Å². The minimum atomic E-state index is -4.82. The zero-order valence-electron chi connectivity index (χ0n) is 14.9. The Morgan fingerprint density at radius 1 is 1.10 bits per heavy atom. The Morgan fingerprint density at radius 2 is 1.67 bits per heavy atom. The molecule has 1 aromatic carbocycles. The predicted octanol–water partition coefficient (Wildman–Crippen LogP) is 3.63. The SMILES string of the molecule is C[C@H](Nc1c(-c2c(F)cc(F)cc2F)c(Cl)nc2nc(S(C)(=O)=O)nn12)C(F)(F)F. The maximum absolute atomic E-state index is 14.4. The molecule has 162 valence electrons. The van der Waals surface area contributed by atoms with Crippen molar-refractivity contribution in [2.75, 3.05) is 11.6 Å². The molecule has 15 heteroatoms. The fourth-order valence-corrected chi connectivity index (χ4v) is 3.17. The molecule has 0 amide bonds. The van der Waals surface area contributed by atoms with Crippen molar-refractivity contribution in [3.8, 4) is 11.1 Å². The number of nitrogens with one attached hydrogen (secondary N) is 1. The van der Waals surface area contributed by atoms with E-state index >= 15 is 0 Å². The summed E-state index contributed by atoms with van der Waals surface area (Å²) in [5.41, 5.74) is -1.73. The van der Waals surface area contributed by atoms with Crippen LogP contribution in [-0.4, -0.2) is 46.5 Å². The van der Waals surface area contributed by atoms with Crippen LogP contribution >= 0.6 is 11.6 Å². The van der Waals surface area contributed by atoms with Crippen molar-refractivity contribution in [1.82, 2.24) is 19.6 Å². The number of benzene rings is 1. The highest BCUT2D eigenvalue weighted by atomic mass is 35.5. The van der Waals surface area contributed by atoms with E-state index in [9.17, 15) is 34.8 Å². The molecule has 0 saturated carbocycles. The second-order valence-corrected chi connectivity index (χ2v) is 8.42. The van der Waals surface area contributed by atoms with E-state index in [1.807, 2.05) is 5.32 Å². The van der Waals surface area contributed by atoms with Crippen LogP contribution < -0.4 is 5.32 Å². The first kappa shape index (κ1) is 22.1. The maximum Gasteiger partial charge on any atom is 0.408 e. The van der Waals surface area contributed by atoms with Crippen molar-refractivity contribution in [1.29, 1.82) is 0 Å². The lowest BCUT2D eigenvalue weighted by molar-refractivity contribution is -0.138. The highest BCUT2D eigenvalue weighted by Crippen LogP contribution is 2.39. The standard InChI is InChI=1S/C15H10ClF6N5O2S/c1-5(15(20,21)22)23-12-10(9-7(18)3-6(17)4-8(9)19)11(16)24-13-25-14(26-27(12)13)30(2,28)29/h3-5,23H,1-2H3/t5-/m0/s1. The van der Waals surface area contributed by atoms with Gasteiger partial charge in [0.25, 0.3) is 10.9 Å². The normalized spacial score (nSPS) is 13.6. The molecule has 0 saturated heterocycles. The minimum absolute atomic E-state index is 0.291. The molecule has 7 nitrogen and oxygen atoms in total. The minimum Gasteiger partial charge on any atom is -0.358 e. The molecule has 30 heavy (non-hydrogen) atoms. The van der Waals surface area contributed by atoms with Gasteiger partial charge in [0.05, 0.1) is 11.1 Å². The number of anilines is 1. The molecule has 2 heterocycles. The van der Waals surface area contributed by atoms with Crippen LogP contribution in [0.3, 0.4) is 0 Å². The van der Waals surface area contributed by atoms with Crippen LogP contribution in [0.4, 0.5) is 32.2 Å². The van der Waals surface area contributed by atoms with E-state index in [0.29, 0.717) is 23.6 Å². The summed E-state index contributed by atoms with van der Waals surface area (Å²) in [6.45, 7) is 0.690. The summed E-state index contributed by atoms with van der Waals surface area (Å²) in [6.07, 6.45) is -4.09. The van der Waals surface area contributed by atoms with Gasteiger partial charge in [-0.1, -0.05) is 11.6 Å². The number of halogens is 7. The number of nitrogens with zero attached hydrogens (tertiary/aromatic N) is 4. The van der Waals surface area contributed by atoms with E-state index in [1.54, 1.807) is 0 Å².